The van der Waals surface area contributed by atoms with Crippen LogP contribution in [-0.4, -0.2) is 46.5 Å². The van der Waals surface area contributed by atoms with Crippen molar-refractivity contribution in [1.82, 2.24) is 9.97 Å². The fraction of sp³-hybridized carbons (Fsp3) is 0.571. The molecule has 1 aliphatic rings. The van der Waals surface area contributed by atoms with Crippen LogP contribution in [0.5, 0.6) is 0 Å². The fourth-order valence-corrected chi connectivity index (χ4v) is 4.08. The molecule has 3 N–H and O–H groups in total. The zero-order chi connectivity index (χ0) is 16.8. The Kier molecular flexibility index (Phi) is 4.19. The van der Waals surface area contributed by atoms with Crippen LogP contribution in [0.4, 0.5) is 19.0 Å². The van der Waals surface area contributed by atoms with Gasteiger partial charge in [0.05, 0.1) is 24.0 Å². The summed E-state index contributed by atoms with van der Waals surface area (Å²) in [6.07, 6.45) is -3.35. The van der Waals surface area contributed by atoms with Crippen LogP contribution in [-0.2, 0) is 6.42 Å². The molecule has 0 aliphatic heterocycles. The maximum Gasteiger partial charge on any atom is 0.393 e. The zero-order valence-corrected chi connectivity index (χ0v) is 13.2. The minimum absolute atomic E-state index is 0.0851. The van der Waals surface area contributed by atoms with Crippen LogP contribution < -0.4 is 10.6 Å². The first-order valence-electron chi connectivity index (χ1n) is 7.21. The lowest BCUT2D eigenvalue weighted by molar-refractivity contribution is -0.126. The normalized spacial score (nSPS) is 25.2. The molecule has 0 amide bonds. The van der Waals surface area contributed by atoms with E-state index in [2.05, 4.69) is 9.97 Å². The minimum atomic E-state index is -4.26. The summed E-state index contributed by atoms with van der Waals surface area (Å²) in [6.45, 7) is 0. The Balaban J connectivity index is 1.94. The number of anilines is 1. The van der Waals surface area contributed by atoms with Crippen molar-refractivity contribution in [3.8, 4) is 0 Å². The second-order valence-electron chi connectivity index (χ2n) is 5.90. The van der Waals surface area contributed by atoms with Gasteiger partial charge in [-0.1, -0.05) is 0 Å². The van der Waals surface area contributed by atoms with Crippen molar-refractivity contribution in [3.05, 3.63) is 17.3 Å². The Bertz CT molecular complexity index is 705. The highest BCUT2D eigenvalue weighted by molar-refractivity contribution is 7.18. The summed E-state index contributed by atoms with van der Waals surface area (Å²) in [4.78, 5) is 10.8. The van der Waals surface area contributed by atoms with Crippen molar-refractivity contribution in [2.24, 2.45) is 5.73 Å². The molecule has 3 atom stereocenters. The predicted molar refractivity (Wildman–Crippen MR) is 82.6 cm³/mol. The molecule has 2 aromatic heterocycles. The number of thiophene rings is 1. The first-order chi connectivity index (χ1) is 10.7. The molecular weight excluding hydrogens is 329 g/mol. The Morgan fingerprint density at radius 3 is 2.74 bits per heavy atom. The van der Waals surface area contributed by atoms with Crippen molar-refractivity contribution in [2.75, 3.05) is 11.9 Å². The van der Waals surface area contributed by atoms with Crippen LogP contribution in [0.1, 0.15) is 17.7 Å². The third-order valence-electron chi connectivity index (χ3n) is 4.10. The quantitative estimate of drug-likeness (QED) is 0.890. The molecule has 0 unspecified atom stereocenters. The van der Waals surface area contributed by atoms with Gasteiger partial charge in [-0.25, -0.2) is 9.97 Å². The maximum absolute atomic E-state index is 12.6. The lowest BCUT2D eigenvalue weighted by Crippen LogP contribution is -2.38. The van der Waals surface area contributed by atoms with E-state index in [1.807, 2.05) is 0 Å². The topological polar surface area (TPSA) is 75.3 Å². The Hall–Kier alpha value is -1.45. The number of rotatable bonds is 3. The van der Waals surface area contributed by atoms with Crippen molar-refractivity contribution < 1.29 is 18.3 Å². The molecular formula is C14H17F3N4OS. The molecule has 3 rings (SSSR count). The Morgan fingerprint density at radius 1 is 1.39 bits per heavy atom. The van der Waals surface area contributed by atoms with Gasteiger partial charge >= 0.3 is 6.18 Å². The Morgan fingerprint density at radius 2 is 2.13 bits per heavy atom. The Labute approximate surface area is 134 Å². The lowest BCUT2D eigenvalue weighted by Gasteiger charge is -2.28. The molecule has 0 bridgehead atoms. The molecule has 1 fully saturated rings. The number of fused-ring (bicyclic) bond motifs is 1. The molecule has 0 spiro atoms. The SMILES string of the molecule is CN(c1ncnc2sc(CC(F)(F)F)cc12)[C@H]1C[C@@H](N)C[C@H]1O. The highest BCUT2D eigenvalue weighted by atomic mass is 32.1. The predicted octanol–water partition coefficient (Wildman–Crippen LogP) is 2.08. The van der Waals surface area contributed by atoms with Crippen LogP contribution >= 0.6 is 11.3 Å². The van der Waals surface area contributed by atoms with E-state index >= 15 is 0 Å². The summed E-state index contributed by atoms with van der Waals surface area (Å²) < 4.78 is 37.7. The summed E-state index contributed by atoms with van der Waals surface area (Å²) >= 11 is 1.01. The van der Waals surface area contributed by atoms with E-state index in [4.69, 9.17) is 5.73 Å². The molecule has 1 saturated carbocycles. The van der Waals surface area contributed by atoms with E-state index in [1.54, 1.807) is 11.9 Å². The van der Waals surface area contributed by atoms with Crippen LogP contribution in [0.25, 0.3) is 10.2 Å². The van der Waals surface area contributed by atoms with Gasteiger partial charge in [-0.3, -0.25) is 0 Å². The van der Waals surface area contributed by atoms with Crippen LogP contribution in [0.3, 0.4) is 0 Å². The smallest absolute Gasteiger partial charge is 0.391 e. The van der Waals surface area contributed by atoms with Crippen molar-refractivity contribution >= 4 is 27.4 Å². The van der Waals surface area contributed by atoms with E-state index in [9.17, 15) is 18.3 Å². The molecule has 5 nitrogen and oxygen atoms in total. The standard InChI is InChI=1S/C14H17F3N4OS/c1-21(10-2-7(18)3-11(10)22)12-9-4-8(5-14(15,16)17)23-13(9)20-6-19-12/h4,6-7,10-11,22H,2-3,5,18H2,1H3/t7-,10+,11-/m1/s1. The van der Waals surface area contributed by atoms with Gasteiger partial charge in [0, 0.05) is 18.0 Å². The highest BCUT2D eigenvalue weighted by Crippen LogP contribution is 2.35. The summed E-state index contributed by atoms with van der Waals surface area (Å²) in [5, 5.41) is 10.7. The number of likely N-dealkylation sites (N-methyl/N-ethyl adjacent to an activating group) is 1. The number of aromatic nitrogens is 2. The van der Waals surface area contributed by atoms with Gasteiger partial charge in [0.1, 0.15) is 17.0 Å². The van der Waals surface area contributed by atoms with Gasteiger partial charge in [-0.2, -0.15) is 13.2 Å². The fourth-order valence-electron chi connectivity index (χ4n) is 3.06. The maximum atomic E-state index is 12.6. The van der Waals surface area contributed by atoms with Crippen molar-refractivity contribution in [1.29, 1.82) is 0 Å². The largest absolute Gasteiger partial charge is 0.393 e. The molecule has 126 valence electrons. The molecule has 0 aromatic carbocycles. The number of alkyl halides is 3. The number of nitrogens with two attached hydrogens (primary N) is 1. The summed E-state index contributed by atoms with van der Waals surface area (Å²) in [7, 11) is 1.77. The van der Waals surface area contributed by atoms with Crippen LogP contribution in [0.15, 0.2) is 12.4 Å². The number of aliphatic hydroxyl groups is 1. The van der Waals surface area contributed by atoms with E-state index < -0.39 is 18.7 Å². The lowest BCUT2D eigenvalue weighted by atomic mass is 10.1. The molecule has 9 heteroatoms. The van der Waals surface area contributed by atoms with E-state index in [0.29, 0.717) is 28.9 Å². The second-order valence-corrected chi connectivity index (χ2v) is 7.01. The van der Waals surface area contributed by atoms with Gasteiger partial charge in [-0.15, -0.1) is 11.3 Å². The van der Waals surface area contributed by atoms with Crippen LogP contribution in [0.2, 0.25) is 0 Å². The van der Waals surface area contributed by atoms with E-state index in [0.717, 1.165) is 11.3 Å². The zero-order valence-electron chi connectivity index (χ0n) is 12.4. The van der Waals surface area contributed by atoms with Gasteiger partial charge in [-0.05, 0) is 18.9 Å². The third-order valence-corrected chi connectivity index (χ3v) is 5.14. The molecule has 0 saturated heterocycles. The van der Waals surface area contributed by atoms with E-state index in [1.165, 1.54) is 12.4 Å². The molecule has 2 aromatic rings. The van der Waals surface area contributed by atoms with E-state index in [-0.39, 0.29) is 17.0 Å². The summed E-state index contributed by atoms with van der Waals surface area (Å²) in [5.41, 5.74) is 5.88. The first kappa shape index (κ1) is 16.4. The van der Waals surface area contributed by atoms with Gasteiger partial charge < -0.3 is 15.7 Å². The highest BCUT2D eigenvalue weighted by Gasteiger charge is 2.35. The monoisotopic (exact) mass is 346 g/mol. The summed E-state index contributed by atoms with van der Waals surface area (Å²) in [6, 6.07) is 1.20. The number of hydrogen-bond donors (Lipinski definition) is 2. The van der Waals surface area contributed by atoms with Gasteiger partial charge in [0.2, 0.25) is 0 Å². The number of nitrogens with zero attached hydrogens (tertiary/aromatic N) is 3. The number of hydrogen-bond acceptors (Lipinski definition) is 6. The minimum Gasteiger partial charge on any atom is -0.391 e. The first-order valence-corrected chi connectivity index (χ1v) is 8.03. The molecule has 0 radical (unpaired) electrons. The summed E-state index contributed by atoms with van der Waals surface area (Å²) in [5.74, 6) is 0.526. The van der Waals surface area contributed by atoms with Crippen molar-refractivity contribution in [3.63, 3.8) is 0 Å². The number of halogens is 3. The van der Waals surface area contributed by atoms with Gasteiger partial charge in [0.25, 0.3) is 0 Å². The molecule has 1 aliphatic carbocycles. The molecule has 2 heterocycles. The molecule has 23 heavy (non-hydrogen) atoms. The number of aliphatic hydroxyl groups excluding tert-OH is 1. The average molecular weight is 346 g/mol. The second kappa shape index (κ2) is 5.88. The van der Waals surface area contributed by atoms with Crippen molar-refractivity contribution in [2.45, 2.75) is 43.6 Å². The van der Waals surface area contributed by atoms with Gasteiger partial charge in [0.15, 0.2) is 0 Å². The van der Waals surface area contributed by atoms with Crippen LogP contribution in [0, 0.1) is 0 Å². The average Bonchev–Trinajstić information content (AvgIpc) is 2.97. The third kappa shape index (κ3) is 3.41.